The van der Waals surface area contributed by atoms with Crippen LogP contribution >= 0.6 is 0 Å². The van der Waals surface area contributed by atoms with Crippen molar-refractivity contribution in [1.29, 1.82) is 5.26 Å². The molecule has 1 aromatic rings. The first-order valence-corrected chi connectivity index (χ1v) is 8.14. The van der Waals surface area contributed by atoms with Gasteiger partial charge in [-0.1, -0.05) is 31.4 Å². The topological polar surface area (TPSA) is 45.0 Å². The molecule has 2 fully saturated rings. The summed E-state index contributed by atoms with van der Waals surface area (Å²) in [6.07, 6.45) is 9.10. The van der Waals surface area contributed by atoms with Crippen LogP contribution in [0.3, 0.4) is 0 Å². The van der Waals surface area contributed by atoms with Gasteiger partial charge in [-0.25, -0.2) is 0 Å². The SMILES string of the molecule is Cc1cccc(NCC2CCC3(CCCCC3)O2)c1C#N. The molecule has 0 aromatic heterocycles. The Morgan fingerprint density at radius 1 is 1.29 bits per heavy atom. The molecule has 1 N–H and O–H groups in total. The molecule has 1 aliphatic carbocycles. The van der Waals surface area contributed by atoms with Crippen LogP contribution in [0.2, 0.25) is 0 Å². The van der Waals surface area contributed by atoms with Gasteiger partial charge in [0, 0.05) is 6.54 Å². The maximum absolute atomic E-state index is 9.27. The molecule has 1 heterocycles. The summed E-state index contributed by atoms with van der Waals surface area (Å²) in [4.78, 5) is 0. The average molecular weight is 284 g/mol. The largest absolute Gasteiger partial charge is 0.381 e. The van der Waals surface area contributed by atoms with E-state index in [2.05, 4.69) is 11.4 Å². The van der Waals surface area contributed by atoms with E-state index in [1.165, 1.54) is 38.5 Å². The van der Waals surface area contributed by atoms with Crippen LogP contribution in [0.5, 0.6) is 0 Å². The minimum atomic E-state index is 0.176. The summed E-state index contributed by atoms with van der Waals surface area (Å²) in [6, 6.07) is 8.25. The average Bonchev–Trinajstić information content (AvgIpc) is 2.88. The zero-order valence-corrected chi connectivity index (χ0v) is 12.8. The second kappa shape index (κ2) is 6.07. The Morgan fingerprint density at radius 3 is 2.86 bits per heavy atom. The first-order valence-electron chi connectivity index (χ1n) is 8.14. The molecular weight excluding hydrogens is 260 g/mol. The molecular formula is C18H24N2O. The van der Waals surface area contributed by atoms with Gasteiger partial charge in [0.05, 0.1) is 23.0 Å². The van der Waals surface area contributed by atoms with Crippen molar-refractivity contribution in [2.75, 3.05) is 11.9 Å². The maximum Gasteiger partial charge on any atom is 0.102 e. The van der Waals surface area contributed by atoms with Crippen molar-refractivity contribution in [2.45, 2.75) is 63.6 Å². The molecule has 3 rings (SSSR count). The van der Waals surface area contributed by atoms with E-state index in [0.717, 1.165) is 29.8 Å². The van der Waals surface area contributed by atoms with E-state index < -0.39 is 0 Å². The van der Waals surface area contributed by atoms with E-state index >= 15 is 0 Å². The Morgan fingerprint density at radius 2 is 2.10 bits per heavy atom. The van der Waals surface area contributed by atoms with E-state index in [0.29, 0.717) is 0 Å². The van der Waals surface area contributed by atoms with Crippen molar-refractivity contribution in [2.24, 2.45) is 0 Å². The van der Waals surface area contributed by atoms with E-state index in [4.69, 9.17) is 4.74 Å². The van der Waals surface area contributed by atoms with Gasteiger partial charge in [-0.2, -0.15) is 5.26 Å². The lowest BCUT2D eigenvalue weighted by molar-refractivity contribution is -0.0588. The van der Waals surface area contributed by atoms with Gasteiger partial charge in [-0.15, -0.1) is 0 Å². The molecule has 1 aliphatic heterocycles. The van der Waals surface area contributed by atoms with Crippen LogP contribution in [0.15, 0.2) is 18.2 Å². The Labute approximate surface area is 127 Å². The molecule has 0 radical (unpaired) electrons. The smallest absolute Gasteiger partial charge is 0.102 e. The van der Waals surface area contributed by atoms with Gasteiger partial charge in [-0.3, -0.25) is 0 Å². The summed E-state index contributed by atoms with van der Waals surface area (Å²) in [5.41, 5.74) is 2.89. The number of ether oxygens (including phenoxy) is 1. The monoisotopic (exact) mass is 284 g/mol. The Hall–Kier alpha value is -1.53. The molecule has 1 unspecified atom stereocenters. The van der Waals surface area contributed by atoms with Crippen molar-refractivity contribution in [3.63, 3.8) is 0 Å². The molecule has 0 bridgehead atoms. The first-order chi connectivity index (χ1) is 10.2. The predicted molar refractivity (Wildman–Crippen MR) is 84.3 cm³/mol. The third kappa shape index (κ3) is 3.06. The fourth-order valence-corrected chi connectivity index (χ4v) is 3.79. The molecule has 3 heteroatoms. The quantitative estimate of drug-likeness (QED) is 0.906. The molecule has 1 atom stereocenters. The molecule has 1 saturated carbocycles. The summed E-state index contributed by atoms with van der Waals surface area (Å²) in [5, 5.41) is 12.7. The van der Waals surface area contributed by atoms with E-state index in [-0.39, 0.29) is 11.7 Å². The van der Waals surface area contributed by atoms with Crippen LogP contribution in [0, 0.1) is 18.3 Å². The number of nitriles is 1. The Bertz CT molecular complexity index is 541. The van der Waals surface area contributed by atoms with Crippen LogP contribution in [0.4, 0.5) is 5.69 Å². The highest BCUT2D eigenvalue weighted by Gasteiger charge is 2.40. The maximum atomic E-state index is 9.27. The second-order valence-corrected chi connectivity index (χ2v) is 6.51. The highest BCUT2D eigenvalue weighted by molar-refractivity contribution is 5.60. The van der Waals surface area contributed by atoms with Crippen molar-refractivity contribution in [1.82, 2.24) is 0 Å². The fraction of sp³-hybridized carbons (Fsp3) is 0.611. The summed E-state index contributed by atoms with van der Waals surface area (Å²) in [6.45, 7) is 2.78. The molecule has 1 spiro atoms. The Kier molecular flexibility index (Phi) is 4.17. The third-order valence-corrected chi connectivity index (χ3v) is 5.01. The lowest BCUT2D eigenvalue weighted by Gasteiger charge is -2.33. The summed E-state index contributed by atoms with van der Waals surface area (Å²) in [7, 11) is 0. The summed E-state index contributed by atoms with van der Waals surface area (Å²) >= 11 is 0. The molecule has 1 saturated heterocycles. The predicted octanol–water partition coefficient (Wildman–Crippen LogP) is 4.16. The van der Waals surface area contributed by atoms with Crippen LogP contribution in [-0.4, -0.2) is 18.2 Å². The normalized spacial score (nSPS) is 23.9. The van der Waals surface area contributed by atoms with Crippen molar-refractivity contribution >= 4 is 5.69 Å². The number of nitrogens with one attached hydrogen (secondary N) is 1. The van der Waals surface area contributed by atoms with Crippen LogP contribution in [0.25, 0.3) is 0 Å². The van der Waals surface area contributed by atoms with Gasteiger partial charge >= 0.3 is 0 Å². The van der Waals surface area contributed by atoms with Gasteiger partial charge in [0.15, 0.2) is 0 Å². The molecule has 0 amide bonds. The fourth-order valence-electron chi connectivity index (χ4n) is 3.79. The minimum absolute atomic E-state index is 0.176. The molecule has 1 aromatic carbocycles. The molecule has 3 nitrogen and oxygen atoms in total. The van der Waals surface area contributed by atoms with Gasteiger partial charge in [-0.05, 0) is 44.2 Å². The lowest BCUT2D eigenvalue weighted by Crippen LogP contribution is -2.33. The second-order valence-electron chi connectivity index (χ2n) is 6.51. The highest BCUT2D eigenvalue weighted by Crippen LogP contribution is 2.41. The Balaban J connectivity index is 1.59. The van der Waals surface area contributed by atoms with Gasteiger partial charge in [0.1, 0.15) is 6.07 Å². The number of rotatable bonds is 3. The van der Waals surface area contributed by atoms with E-state index in [1.54, 1.807) is 0 Å². The van der Waals surface area contributed by atoms with E-state index in [9.17, 15) is 5.26 Å². The number of anilines is 1. The number of hydrogen-bond acceptors (Lipinski definition) is 3. The number of hydrogen-bond donors (Lipinski definition) is 1. The van der Waals surface area contributed by atoms with Gasteiger partial charge < -0.3 is 10.1 Å². The minimum Gasteiger partial charge on any atom is -0.381 e. The van der Waals surface area contributed by atoms with E-state index in [1.807, 2.05) is 25.1 Å². The molecule has 21 heavy (non-hydrogen) atoms. The standard InChI is InChI=1S/C18H24N2O/c1-14-6-5-7-17(16(14)12-19)20-13-15-8-11-18(21-15)9-3-2-4-10-18/h5-7,15,20H,2-4,8-11,13H2,1H3. The van der Waals surface area contributed by atoms with Crippen LogP contribution in [-0.2, 0) is 4.74 Å². The van der Waals surface area contributed by atoms with Crippen LogP contribution in [0.1, 0.15) is 56.1 Å². The van der Waals surface area contributed by atoms with Crippen molar-refractivity contribution in [3.05, 3.63) is 29.3 Å². The van der Waals surface area contributed by atoms with Crippen LogP contribution < -0.4 is 5.32 Å². The first kappa shape index (κ1) is 14.4. The van der Waals surface area contributed by atoms with Gasteiger partial charge in [0.25, 0.3) is 0 Å². The number of aryl methyl sites for hydroxylation is 1. The summed E-state index contributed by atoms with van der Waals surface area (Å²) in [5.74, 6) is 0. The van der Waals surface area contributed by atoms with Crippen molar-refractivity contribution in [3.8, 4) is 6.07 Å². The summed E-state index contributed by atoms with van der Waals surface area (Å²) < 4.78 is 6.37. The number of nitrogens with zero attached hydrogens (tertiary/aromatic N) is 1. The highest BCUT2D eigenvalue weighted by atomic mass is 16.5. The van der Waals surface area contributed by atoms with Crippen molar-refractivity contribution < 1.29 is 4.74 Å². The third-order valence-electron chi connectivity index (χ3n) is 5.01. The lowest BCUT2D eigenvalue weighted by atomic mass is 9.83. The molecule has 112 valence electrons. The number of benzene rings is 1. The molecule has 2 aliphatic rings. The zero-order valence-electron chi connectivity index (χ0n) is 12.8. The van der Waals surface area contributed by atoms with Gasteiger partial charge in [0.2, 0.25) is 0 Å². The zero-order chi connectivity index (χ0) is 14.7.